The summed E-state index contributed by atoms with van der Waals surface area (Å²) in [5, 5.41) is 0.0121. The lowest BCUT2D eigenvalue weighted by Crippen LogP contribution is -2.06. The molecular weight excluding hydrogens is 228 g/mol. The minimum absolute atomic E-state index is 0.0121. The Kier molecular flexibility index (Phi) is 4.91. The normalized spacial score (nSPS) is 9.88. The van der Waals surface area contributed by atoms with Crippen molar-refractivity contribution in [2.24, 2.45) is 0 Å². The van der Waals surface area contributed by atoms with Gasteiger partial charge in [0, 0.05) is 19.3 Å². The molecule has 0 aliphatic rings. The fourth-order valence-electron chi connectivity index (χ4n) is 0.915. The zero-order valence-electron chi connectivity index (χ0n) is 9.10. The molecule has 1 aromatic rings. The summed E-state index contributed by atoms with van der Waals surface area (Å²) in [6, 6.07) is 0. The topological polar surface area (TPSA) is 69.2 Å². The van der Waals surface area contributed by atoms with Crippen LogP contribution < -0.4 is 0 Å². The Morgan fingerprint density at radius 3 is 2.50 bits per heavy atom. The van der Waals surface area contributed by atoms with Crippen LogP contribution in [0.3, 0.4) is 0 Å². The van der Waals surface area contributed by atoms with Gasteiger partial charge in [-0.1, -0.05) is 11.8 Å². The molecule has 0 saturated carbocycles. The quantitative estimate of drug-likeness (QED) is 0.741. The van der Waals surface area contributed by atoms with Gasteiger partial charge in [0.15, 0.2) is 5.12 Å². The minimum Gasteiger partial charge on any atom is -0.462 e. The van der Waals surface area contributed by atoms with E-state index in [9.17, 15) is 9.59 Å². The second-order valence-corrected chi connectivity index (χ2v) is 4.04. The highest BCUT2D eigenvalue weighted by molar-refractivity contribution is 8.12. The first kappa shape index (κ1) is 12.6. The molecule has 5 nitrogen and oxygen atoms in total. The molecule has 0 unspecified atom stereocenters. The number of hydrogen-bond acceptors (Lipinski definition) is 6. The maximum atomic E-state index is 11.3. The fraction of sp³-hybridized carbons (Fsp3) is 0.400. The van der Waals surface area contributed by atoms with E-state index >= 15 is 0 Å². The second kappa shape index (κ2) is 6.22. The van der Waals surface area contributed by atoms with Crippen LogP contribution >= 0.6 is 11.8 Å². The third-order valence-corrected chi connectivity index (χ3v) is 2.43. The van der Waals surface area contributed by atoms with Crippen LogP contribution in [0.4, 0.5) is 0 Å². The summed E-state index contributed by atoms with van der Waals surface area (Å²) >= 11 is 1.13. The van der Waals surface area contributed by atoms with Crippen molar-refractivity contribution in [1.82, 2.24) is 9.97 Å². The summed E-state index contributed by atoms with van der Waals surface area (Å²) in [4.78, 5) is 29.9. The Hall–Kier alpha value is -1.43. The summed E-state index contributed by atoms with van der Waals surface area (Å²) in [6.07, 6.45) is 2.81. The Bertz CT molecular complexity index is 378. The maximum Gasteiger partial charge on any atom is 0.341 e. The van der Waals surface area contributed by atoms with Crippen molar-refractivity contribution in [3.8, 4) is 0 Å². The molecule has 0 atom stereocenters. The number of rotatable bonds is 4. The molecule has 0 N–H and O–H groups in total. The van der Waals surface area contributed by atoms with Gasteiger partial charge in [0.1, 0.15) is 5.82 Å². The van der Waals surface area contributed by atoms with Crippen molar-refractivity contribution in [3.05, 3.63) is 23.8 Å². The molecular formula is C10H12N2O3S. The number of ether oxygens (including phenoxy) is 1. The van der Waals surface area contributed by atoms with Gasteiger partial charge in [-0.3, -0.25) is 4.79 Å². The first-order chi connectivity index (χ1) is 7.63. The van der Waals surface area contributed by atoms with Gasteiger partial charge in [0.2, 0.25) is 0 Å². The van der Waals surface area contributed by atoms with E-state index in [0.717, 1.165) is 11.8 Å². The molecule has 0 radical (unpaired) electrons. The molecule has 1 heterocycles. The summed E-state index contributed by atoms with van der Waals surface area (Å²) in [5.74, 6) is 0.500. The Labute approximate surface area is 97.6 Å². The Morgan fingerprint density at radius 1 is 1.38 bits per heavy atom. The molecule has 0 saturated heterocycles. The zero-order chi connectivity index (χ0) is 12.0. The summed E-state index contributed by atoms with van der Waals surface area (Å²) in [7, 11) is 0. The van der Waals surface area contributed by atoms with Crippen molar-refractivity contribution >= 4 is 22.8 Å². The van der Waals surface area contributed by atoms with Crippen molar-refractivity contribution in [2.75, 3.05) is 6.61 Å². The summed E-state index contributed by atoms with van der Waals surface area (Å²) in [6.45, 7) is 3.54. The molecule has 0 spiro atoms. The molecule has 0 bridgehead atoms. The molecule has 0 amide bonds. The molecule has 0 aromatic carbocycles. The van der Waals surface area contributed by atoms with E-state index in [0.29, 0.717) is 23.7 Å². The predicted molar refractivity (Wildman–Crippen MR) is 60.0 cm³/mol. The van der Waals surface area contributed by atoms with Gasteiger partial charge in [-0.05, 0) is 6.92 Å². The highest BCUT2D eigenvalue weighted by atomic mass is 32.2. The van der Waals surface area contributed by atoms with E-state index in [2.05, 4.69) is 9.97 Å². The summed E-state index contributed by atoms with van der Waals surface area (Å²) in [5.41, 5.74) is 0.318. The van der Waals surface area contributed by atoms with Gasteiger partial charge in [-0.15, -0.1) is 0 Å². The second-order valence-electron chi connectivity index (χ2n) is 2.89. The highest BCUT2D eigenvalue weighted by Crippen LogP contribution is 2.09. The van der Waals surface area contributed by atoms with E-state index in [-0.39, 0.29) is 5.12 Å². The van der Waals surface area contributed by atoms with Gasteiger partial charge in [0.05, 0.1) is 17.9 Å². The number of aromatic nitrogens is 2. The van der Waals surface area contributed by atoms with Gasteiger partial charge in [-0.2, -0.15) is 0 Å². The molecule has 16 heavy (non-hydrogen) atoms. The standard InChI is InChI=1S/C10H12N2O3S/c1-3-15-10(14)8-4-11-9(12-5-8)6-16-7(2)13/h4-5H,3,6H2,1-2H3. The van der Waals surface area contributed by atoms with Crippen LogP contribution in [0.25, 0.3) is 0 Å². The lowest BCUT2D eigenvalue weighted by atomic mass is 10.3. The van der Waals surface area contributed by atoms with Gasteiger partial charge in [-0.25, -0.2) is 14.8 Å². The van der Waals surface area contributed by atoms with Crippen molar-refractivity contribution < 1.29 is 14.3 Å². The van der Waals surface area contributed by atoms with Crippen LogP contribution in [-0.2, 0) is 15.3 Å². The molecule has 1 rings (SSSR count). The van der Waals surface area contributed by atoms with Crippen LogP contribution in [0.15, 0.2) is 12.4 Å². The number of nitrogens with zero attached hydrogens (tertiary/aromatic N) is 2. The average Bonchev–Trinajstić information content (AvgIpc) is 2.27. The van der Waals surface area contributed by atoms with Crippen LogP contribution in [0.5, 0.6) is 0 Å². The number of carbonyl (C=O) groups excluding carboxylic acids is 2. The average molecular weight is 240 g/mol. The molecule has 86 valence electrons. The number of hydrogen-bond donors (Lipinski definition) is 0. The van der Waals surface area contributed by atoms with Crippen LogP contribution in [0.2, 0.25) is 0 Å². The monoisotopic (exact) mass is 240 g/mol. The largest absolute Gasteiger partial charge is 0.462 e. The predicted octanol–water partition coefficient (Wildman–Crippen LogP) is 1.43. The van der Waals surface area contributed by atoms with Crippen molar-refractivity contribution in [3.63, 3.8) is 0 Å². The first-order valence-electron chi connectivity index (χ1n) is 4.75. The molecule has 0 fully saturated rings. The van der Waals surface area contributed by atoms with E-state index in [1.807, 2.05) is 0 Å². The lowest BCUT2D eigenvalue weighted by Gasteiger charge is -2.01. The van der Waals surface area contributed by atoms with E-state index in [1.54, 1.807) is 6.92 Å². The van der Waals surface area contributed by atoms with Gasteiger partial charge < -0.3 is 4.74 Å². The smallest absolute Gasteiger partial charge is 0.341 e. The maximum absolute atomic E-state index is 11.3. The van der Waals surface area contributed by atoms with Crippen molar-refractivity contribution in [2.45, 2.75) is 19.6 Å². The minimum atomic E-state index is -0.437. The van der Waals surface area contributed by atoms with E-state index in [4.69, 9.17) is 4.74 Å². The van der Waals surface area contributed by atoms with Gasteiger partial charge in [0.25, 0.3) is 0 Å². The lowest BCUT2D eigenvalue weighted by molar-refractivity contribution is -0.109. The molecule has 6 heteroatoms. The van der Waals surface area contributed by atoms with E-state index < -0.39 is 5.97 Å². The number of esters is 1. The van der Waals surface area contributed by atoms with Crippen molar-refractivity contribution in [1.29, 1.82) is 0 Å². The number of carbonyl (C=O) groups is 2. The third kappa shape index (κ3) is 3.98. The highest BCUT2D eigenvalue weighted by Gasteiger charge is 2.07. The van der Waals surface area contributed by atoms with Crippen LogP contribution in [0.1, 0.15) is 30.0 Å². The Morgan fingerprint density at radius 2 is 2.00 bits per heavy atom. The van der Waals surface area contributed by atoms with Crippen LogP contribution in [0, 0.1) is 0 Å². The fourth-order valence-corrected chi connectivity index (χ4v) is 1.40. The van der Waals surface area contributed by atoms with E-state index in [1.165, 1.54) is 19.3 Å². The van der Waals surface area contributed by atoms with Gasteiger partial charge >= 0.3 is 5.97 Å². The molecule has 0 aliphatic carbocycles. The third-order valence-electron chi connectivity index (χ3n) is 1.62. The molecule has 1 aromatic heterocycles. The summed E-state index contributed by atoms with van der Waals surface area (Å²) < 4.78 is 4.79. The van der Waals surface area contributed by atoms with Crippen LogP contribution in [-0.4, -0.2) is 27.7 Å². The molecule has 0 aliphatic heterocycles. The zero-order valence-corrected chi connectivity index (χ0v) is 9.91. The number of thioether (sulfide) groups is 1. The first-order valence-corrected chi connectivity index (χ1v) is 5.73. The Balaban J connectivity index is 2.60. The SMILES string of the molecule is CCOC(=O)c1cnc(CSC(C)=O)nc1.